The second kappa shape index (κ2) is 4.85. The zero-order chi connectivity index (χ0) is 13.4. The van der Waals surface area contributed by atoms with Gasteiger partial charge in [-0.2, -0.15) is 0 Å². The van der Waals surface area contributed by atoms with Crippen LogP contribution in [0.5, 0.6) is 0 Å². The number of carbonyl (C=O) groups excluding carboxylic acids is 1. The second-order valence-corrected chi connectivity index (χ2v) is 5.52. The number of hydrogen-bond acceptors (Lipinski definition) is 3. The fourth-order valence-electron chi connectivity index (χ4n) is 3.35. The van der Waals surface area contributed by atoms with E-state index < -0.39 is 0 Å². The van der Waals surface area contributed by atoms with E-state index in [9.17, 15) is 9.90 Å². The predicted molar refractivity (Wildman–Crippen MR) is 70.4 cm³/mol. The Kier molecular flexibility index (Phi) is 3.19. The summed E-state index contributed by atoms with van der Waals surface area (Å²) in [6, 6.07) is 9.88. The van der Waals surface area contributed by atoms with Gasteiger partial charge >= 0.3 is 6.09 Å². The summed E-state index contributed by atoms with van der Waals surface area (Å²) in [4.78, 5) is 13.8. The first kappa shape index (κ1) is 12.5. The van der Waals surface area contributed by atoms with Gasteiger partial charge in [0.2, 0.25) is 0 Å². The molecule has 4 atom stereocenters. The number of likely N-dealkylation sites (tertiary alicyclic amines) is 1. The first-order valence-electron chi connectivity index (χ1n) is 6.80. The second-order valence-electron chi connectivity index (χ2n) is 5.52. The molecule has 3 rings (SSSR count). The number of ether oxygens (including phenoxy) is 1. The Hall–Kier alpha value is -1.55. The van der Waals surface area contributed by atoms with Crippen LogP contribution in [0.3, 0.4) is 0 Å². The molecule has 0 spiro atoms. The molecule has 0 radical (unpaired) electrons. The number of amides is 1. The number of hydrogen-bond donors (Lipinski definition) is 1. The van der Waals surface area contributed by atoms with Crippen molar-refractivity contribution in [2.24, 2.45) is 17.8 Å². The SMILES string of the molecule is CC1C2C(CO)C2CN1C(=O)OCc1ccccc1. The lowest BCUT2D eigenvalue weighted by Crippen LogP contribution is -2.38. The van der Waals surface area contributed by atoms with Crippen molar-refractivity contribution in [1.82, 2.24) is 4.90 Å². The highest BCUT2D eigenvalue weighted by Crippen LogP contribution is 2.54. The summed E-state index contributed by atoms with van der Waals surface area (Å²) < 4.78 is 5.34. The average Bonchev–Trinajstić information content (AvgIpc) is 3.05. The van der Waals surface area contributed by atoms with Crippen molar-refractivity contribution < 1.29 is 14.6 Å². The van der Waals surface area contributed by atoms with E-state index >= 15 is 0 Å². The molecule has 1 amide bonds. The summed E-state index contributed by atoms with van der Waals surface area (Å²) in [5.41, 5.74) is 1.00. The predicted octanol–water partition coefficient (Wildman–Crippen LogP) is 1.88. The normalized spacial score (nSPS) is 32.0. The summed E-state index contributed by atoms with van der Waals surface area (Å²) in [6.45, 7) is 3.34. The largest absolute Gasteiger partial charge is 0.445 e. The van der Waals surface area contributed by atoms with Crippen molar-refractivity contribution in [3.63, 3.8) is 0 Å². The molecule has 4 heteroatoms. The number of nitrogens with zero attached hydrogens (tertiary/aromatic N) is 1. The number of piperidine rings is 1. The molecule has 1 aliphatic carbocycles. The van der Waals surface area contributed by atoms with Crippen LogP contribution in [0.25, 0.3) is 0 Å². The molecule has 2 fully saturated rings. The molecule has 4 nitrogen and oxygen atoms in total. The van der Waals surface area contributed by atoms with Crippen LogP contribution in [0.4, 0.5) is 4.79 Å². The van der Waals surface area contributed by atoms with Gasteiger partial charge in [-0.3, -0.25) is 0 Å². The van der Waals surface area contributed by atoms with E-state index in [1.807, 2.05) is 37.3 Å². The molecule has 1 heterocycles. The van der Waals surface area contributed by atoms with Gasteiger partial charge in [0, 0.05) is 19.2 Å². The number of rotatable bonds is 3. The van der Waals surface area contributed by atoms with Crippen LogP contribution in [-0.4, -0.2) is 35.3 Å². The zero-order valence-electron chi connectivity index (χ0n) is 11.0. The maximum Gasteiger partial charge on any atom is 0.410 e. The fraction of sp³-hybridized carbons (Fsp3) is 0.533. The zero-order valence-corrected chi connectivity index (χ0v) is 11.0. The summed E-state index contributed by atoms with van der Waals surface area (Å²) >= 11 is 0. The van der Waals surface area contributed by atoms with Gasteiger partial charge in [-0.25, -0.2) is 4.79 Å². The Labute approximate surface area is 113 Å². The molecule has 1 N–H and O–H groups in total. The lowest BCUT2D eigenvalue weighted by molar-refractivity contribution is 0.0834. The number of carbonyl (C=O) groups is 1. The number of benzene rings is 1. The van der Waals surface area contributed by atoms with Crippen molar-refractivity contribution in [3.05, 3.63) is 35.9 Å². The minimum Gasteiger partial charge on any atom is -0.445 e. The van der Waals surface area contributed by atoms with Gasteiger partial charge in [0.25, 0.3) is 0 Å². The highest BCUT2D eigenvalue weighted by Gasteiger charge is 2.60. The first-order valence-corrected chi connectivity index (χ1v) is 6.80. The maximum atomic E-state index is 12.0. The van der Waals surface area contributed by atoms with Crippen LogP contribution < -0.4 is 0 Å². The monoisotopic (exact) mass is 261 g/mol. The highest BCUT2D eigenvalue weighted by atomic mass is 16.6. The van der Waals surface area contributed by atoms with Crippen molar-refractivity contribution in [1.29, 1.82) is 0 Å². The maximum absolute atomic E-state index is 12.0. The molecule has 1 saturated carbocycles. The van der Waals surface area contributed by atoms with E-state index in [1.165, 1.54) is 0 Å². The molecule has 1 aromatic rings. The first-order chi connectivity index (χ1) is 9.22. The summed E-state index contributed by atoms with van der Waals surface area (Å²) in [5.74, 6) is 1.34. The van der Waals surface area contributed by atoms with Gasteiger partial charge in [0.15, 0.2) is 0 Å². The molecule has 1 saturated heterocycles. The van der Waals surface area contributed by atoms with Crippen LogP contribution in [0.15, 0.2) is 30.3 Å². The molecule has 4 unspecified atom stereocenters. The third-order valence-electron chi connectivity index (χ3n) is 4.50. The molecule has 2 aliphatic rings. The van der Waals surface area contributed by atoms with Crippen LogP contribution in [0.1, 0.15) is 12.5 Å². The van der Waals surface area contributed by atoms with Gasteiger partial charge in [-0.1, -0.05) is 30.3 Å². The average molecular weight is 261 g/mol. The summed E-state index contributed by atoms with van der Waals surface area (Å²) in [6.07, 6.45) is -0.236. The number of fused-ring (bicyclic) bond motifs is 1. The molecule has 1 aromatic carbocycles. The lowest BCUT2D eigenvalue weighted by atomic mass is 10.2. The van der Waals surface area contributed by atoms with E-state index in [0.717, 1.165) is 12.1 Å². The molecule has 19 heavy (non-hydrogen) atoms. The summed E-state index contributed by atoms with van der Waals surface area (Å²) in [7, 11) is 0. The Morgan fingerprint density at radius 2 is 2.16 bits per heavy atom. The van der Waals surface area contributed by atoms with E-state index in [1.54, 1.807) is 4.90 Å². The van der Waals surface area contributed by atoms with Gasteiger partial charge in [-0.05, 0) is 30.2 Å². The van der Waals surface area contributed by atoms with Crippen LogP contribution in [-0.2, 0) is 11.3 Å². The fourth-order valence-corrected chi connectivity index (χ4v) is 3.35. The Bertz CT molecular complexity index is 462. The van der Waals surface area contributed by atoms with Crippen molar-refractivity contribution >= 4 is 6.09 Å². The highest BCUT2D eigenvalue weighted by molar-refractivity contribution is 5.69. The number of aliphatic hydroxyl groups excluding tert-OH is 1. The van der Waals surface area contributed by atoms with Gasteiger partial charge in [-0.15, -0.1) is 0 Å². The topological polar surface area (TPSA) is 49.8 Å². The van der Waals surface area contributed by atoms with Crippen molar-refractivity contribution in [2.45, 2.75) is 19.6 Å². The Balaban J connectivity index is 1.52. The van der Waals surface area contributed by atoms with Crippen molar-refractivity contribution in [2.75, 3.05) is 13.2 Å². The van der Waals surface area contributed by atoms with Crippen LogP contribution in [0.2, 0.25) is 0 Å². The molecule has 102 valence electrons. The standard InChI is InChI=1S/C15H19NO3/c1-10-14-12(13(14)8-17)7-16(10)15(18)19-9-11-5-3-2-4-6-11/h2-6,10,12-14,17H,7-9H2,1H3. The van der Waals surface area contributed by atoms with Crippen molar-refractivity contribution in [3.8, 4) is 0 Å². The van der Waals surface area contributed by atoms with E-state index in [-0.39, 0.29) is 18.7 Å². The third kappa shape index (κ3) is 2.21. The molecule has 0 aromatic heterocycles. The van der Waals surface area contributed by atoms with E-state index in [0.29, 0.717) is 24.4 Å². The number of aliphatic hydroxyl groups is 1. The van der Waals surface area contributed by atoms with Crippen LogP contribution in [0, 0.1) is 17.8 Å². The van der Waals surface area contributed by atoms with Gasteiger partial charge < -0.3 is 14.7 Å². The lowest BCUT2D eigenvalue weighted by Gasteiger charge is -2.25. The Morgan fingerprint density at radius 3 is 2.74 bits per heavy atom. The molecular weight excluding hydrogens is 242 g/mol. The quantitative estimate of drug-likeness (QED) is 0.904. The smallest absolute Gasteiger partial charge is 0.410 e. The van der Waals surface area contributed by atoms with E-state index in [2.05, 4.69) is 0 Å². The Morgan fingerprint density at radius 1 is 1.42 bits per heavy atom. The molecule has 0 bridgehead atoms. The summed E-state index contributed by atoms with van der Waals surface area (Å²) in [5, 5.41) is 9.17. The van der Waals surface area contributed by atoms with Crippen LogP contribution >= 0.6 is 0 Å². The minimum atomic E-state index is -0.236. The van der Waals surface area contributed by atoms with Gasteiger partial charge in [0.1, 0.15) is 6.61 Å². The molecule has 1 aliphatic heterocycles. The third-order valence-corrected chi connectivity index (χ3v) is 4.50. The molecular formula is C15H19NO3. The van der Waals surface area contributed by atoms with Gasteiger partial charge in [0.05, 0.1) is 0 Å². The van der Waals surface area contributed by atoms with E-state index in [4.69, 9.17) is 4.74 Å². The minimum absolute atomic E-state index is 0.186.